The Morgan fingerprint density at radius 3 is 2.53 bits per heavy atom. The van der Waals surface area contributed by atoms with Crippen LogP contribution in [0, 0.1) is 0 Å². The molecule has 8 heteroatoms. The van der Waals surface area contributed by atoms with Crippen LogP contribution >= 0.6 is 12.2 Å². The van der Waals surface area contributed by atoms with Gasteiger partial charge in [0.1, 0.15) is 0 Å². The van der Waals surface area contributed by atoms with Crippen molar-refractivity contribution in [3.8, 4) is 5.69 Å². The topological polar surface area (TPSA) is 72.3 Å². The lowest BCUT2D eigenvalue weighted by Crippen LogP contribution is -2.30. The number of ether oxygens (including phenoxy) is 1. The molecule has 1 N–H and O–H groups in total. The van der Waals surface area contributed by atoms with Gasteiger partial charge in [-0.3, -0.25) is 9.97 Å². The molecule has 0 amide bonds. The molecule has 0 aliphatic carbocycles. The van der Waals surface area contributed by atoms with E-state index in [1.165, 1.54) is 7.11 Å². The molecule has 1 saturated heterocycles. The first-order chi connectivity index (χ1) is 16.7. The number of methoxy groups -OCH3 is 1. The zero-order valence-corrected chi connectivity index (χ0v) is 19.4. The minimum Gasteiger partial charge on any atom is -0.465 e. The number of hydrogen-bond acceptors (Lipinski definition) is 5. The van der Waals surface area contributed by atoms with Crippen molar-refractivity contribution in [1.82, 2.24) is 24.8 Å². The molecule has 34 heavy (non-hydrogen) atoms. The molecule has 1 aliphatic rings. The van der Waals surface area contributed by atoms with E-state index in [2.05, 4.69) is 30.8 Å². The summed E-state index contributed by atoms with van der Waals surface area (Å²) in [6.45, 7) is 0.634. The van der Waals surface area contributed by atoms with E-state index in [0.29, 0.717) is 17.2 Å². The molecule has 4 heterocycles. The van der Waals surface area contributed by atoms with Crippen LogP contribution in [0.1, 0.15) is 39.4 Å². The van der Waals surface area contributed by atoms with Gasteiger partial charge in [0.15, 0.2) is 5.11 Å². The van der Waals surface area contributed by atoms with Crippen molar-refractivity contribution in [2.24, 2.45) is 0 Å². The van der Waals surface area contributed by atoms with Crippen LogP contribution in [0.25, 0.3) is 5.69 Å². The van der Waals surface area contributed by atoms with Gasteiger partial charge in [-0.2, -0.15) is 0 Å². The van der Waals surface area contributed by atoms with Crippen molar-refractivity contribution in [1.29, 1.82) is 0 Å². The van der Waals surface area contributed by atoms with E-state index >= 15 is 0 Å². The number of carbonyl (C=O) groups is 1. The number of carbonyl (C=O) groups excluding carboxylic acids is 1. The monoisotopic (exact) mass is 469 g/mol. The Hall–Kier alpha value is -4.04. The first-order valence-corrected chi connectivity index (χ1v) is 11.3. The van der Waals surface area contributed by atoms with Gasteiger partial charge in [-0.05, 0) is 78.4 Å². The number of thiocarbonyl (C=S) groups is 1. The Morgan fingerprint density at radius 1 is 1.03 bits per heavy atom. The van der Waals surface area contributed by atoms with Gasteiger partial charge < -0.3 is 19.5 Å². The zero-order valence-electron chi connectivity index (χ0n) is 18.5. The molecular weight excluding hydrogens is 446 g/mol. The Bertz CT molecular complexity index is 1290. The van der Waals surface area contributed by atoms with Crippen LogP contribution in [0.3, 0.4) is 0 Å². The molecule has 0 radical (unpaired) electrons. The molecule has 0 spiro atoms. The Morgan fingerprint density at radius 2 is 1.82 bits per heavy atom. The quantitative estimate of drug-likeness (QED) is 0.335. The molecule has 7 nitrogen and oxygen atoms in total. The van der Waals surface area contributed by atoms with Gasteiger partial charge in [-0.15, -0.1) is 0 Å². The molecule has 4 aromatic rings. The van der Waals surface area contributed by atoms with E-state index in [1.54, 1.807) is 30.7 Å². The summed E-state index contributed by atoms with van der Waals surface area (Å²) in [6.07, 6.45) is 7.40. The van der Waals surface area contributed by atoms with Crippen molar-refractivity contribution in [3.05, 3.63) is 114 Å². The van der Waals surface area contributed by atoms with Crippen molar-refractivity contribution in [3.63, 3.8) is 0 Å². The summed E-state index contributed by atoms with van der Waals surface area (Å²) < 4.78 is 6.95. The average Bonchev–Trinajstić information content (AvgIpc) is 3.49. The van der Waals surface area contributed by atoms with Crippen LogP contribution in [0.4, 0.5) is 0 Å². The first kappa shape index (κ1) is 21.8. The Labute approximate surface area is 203 Å². The van der Waals surface area contributed by atoms with Gasteiger partial charge in [0.05, 0.1) is 30.5 Å². The highest BCUT2D eigenvalue weighted by molar-refractivity contribution is 7.80. The lowest BCUT2D eigenvalue weighted by molar-refractivity contribution is 0.0600. The number of benzene rings is 1. The standard InChI is InChI=1S/C26H23N5O2S/c1-33-25(32)19-7-9-20(10-8-19)30-16-4-6-22(30)24-23(21-5-2-3-13-28-21)29-26(34)31(24)17-18-11-14-27-15-12-18/h2-16,23-24H,17H2,1H3,(H,29,34)/t23-,24+/m0/s1. The summed E-state index contributed by atoms with van der Waals surface area (Å²) in [7, 11) is 1.38. The summed E-state index contributed by atoms with van der Waals surface area (Å²) in [6, 6.07) is 21.2. The lowest BCUT2D eigenvalue weighted by atomic mass is 10.0. The van der Waals surface area contributed by atoms with E-state index in [4.69, 9.17) is 17.0 Å². The molecular formula is C26H23N5O2S. The zero-order chi connectivity index (χ0) is 23.5. The highest BCUT2D eigenvalue weighted by Crippen LogP contribution is 2.40. The number of nitrogens with one attached hydrogen (secondary N) is 1. The van der Waals surface area contributed by atoms with Gasteiger partial charge in [-0.1, -0.05) is 6.07 Å². The van der Waals surface area contributed by atoms with E-state index in [1.807, 2.05) is 54.7 Å². The van der Waals surface area contributed by atoms with E-state index < -0.39 is 0 Å². The number of esters is 1. The van der Waals surface area contributed by atoms with E-state index in [-0.39, 0.29) is 18.1 Å². The molecule has 0 saturated carbocycles. The fraction of sp³-hybridized carbons (Fsp3) is 0.154. The molecule has 3 aromatic heterocycles. The summed E-state index contributed by atoms with van der Waals surface area (Å²) in [5, 5.41) is 4.17. The van der Waals surface area contributed by atoms with Crippen LogP contribution in [0.5, 0.6) is 0 Å². The molecule has 0 bridgehead atoms. The third kappa shape index (κ3) is 4.15. The highest BCUT2D eigenvalue weighted by Gasteiger charge is 2.41. The maximum absolute atomic E-state index is 11.9. The fourth-order valence-electron chi connectivity index (χ4n) is 4.33. The smallest absolute Gasteiger partial charge is 0.337 e. The molecule has 170 valence electrons. The minimum atomic E-state index is -0.358. The van der Waals surface area contributed by atoms with Crippen LogP contribution in [-0.4, -0.2) is 37.6 Å². The first-order valence-electron chi connectivity index (χ1n) is 10.9. The fourth-order valence-corrected chi connectivity index (χ4v) is 4.63. The number of hydrogen-bond donors (Lipinski definition) is 1. The molecule has 5 rings (SSSR count). The Kier molecular flexibility index (Phi) is 6.05. The number of rotatable bonds is 6. The molecule has 0 unspecified atom stereocenters. The van der Waals surface area contributed by atoms with Crippen molar-refractivity contribution in [2.45, 2.75) is 18.6 Å². The van der Waals surface area contributed by atoms with Crippen molar-refractivity contribution < 1.29 is 9.53 Å². The average molecular weight is 470 g/mol. The van der Waals surface area contributed by atoms with Crippen LogP contribution in [-0.2, 0) is 11.3 Å². The second-order valence-corrected chi connectivity index (χ2v) is 8.34. The van der Waals surface area contributed by atoms with Crippen LogP contribution < -0.4 is 5.32 Å². The predicted octanol–water partition coefficient (Wildman–Crippen LogP) is 4.23. The van der Waals surface area contributed by atoms with Crippen LogP contribution in [0.15, 0.2) is 91.5 Å². The highest BCUT2D eigenvalue weighted by atomic mass is 32.1. The summed E-state index contributed by atoms with van der Waals surface area (Å²) in [4.78, 5) is 22.8. The van der Waals surface area contributed by atoms with E-state index in [0.717, 1.165) is 22.6 Å². The number of aromatic nitrogens is 3. The summed E-state index contributed by atoms with van der Waals surface area (Å²) in [5.41, 5.74) is 4.54. The molecule has 1 fully saturated rings. The third-order valence-corrected chi connectivity index (χ3v) is 6.30. The molecule has 2 atom stereocenters. The van der Waals surface area contributed by atoms with Crippen molar-refractivity contribution >= 4 is 23.3 Å². The van der Waals surface area contributed by atoms with Gasteiger partial charge in [0, 0.05) is 42.7 Å². The number of pyridine rings is 2. The number of nitrogens with zero attached hydrogens (tertiary/aromatic N) is 4. The predicted molar refractivity (Wildman–Crippen MR) is 132 cm³/mol. The maximum Gasteiger partial charge on any atom is 0.337 e. The summed E-state index contributed by atoms with van der Waals surface area (Å²) in [5.74, 6) is -0.358. The second-order valence-electron chi connectivity index (χ2n) is 7.95. The van der Waals surface area contributed by atoms with Gasteiger partial charge in [0.25, 0.3) is 0 Å². The molecule has 1 aliphatic heterocycles. The van der Waals surface area contributed by atoms with Gasteiger partial charge in [0.2, 0.25) is 0 Å². The van der Waals surface area contributed by atoms with Gasteiger partial charge in [-0.25, -0.2) is 4.79 Å². The van der Waals surface area contributed by atoms with E-state index in [9.17, 15) is 4.79 Å². The second kappa shape index (κ2) is 9.44. The maximum atomic E-state index is 11.9. The minimum absolute atomic E-state index is 0.106. The van der Waals surface area contributed by atoms with Gasteiger partial charge >= 0.3 is 5.97 Å². The largest absolute Gasteiger partial charge is 0.465 e. The normalized spacial score (nSPS) is 17.4. The third-order valence-electron chi connectivity index (χ3n) is 5.95. The van der Waals surface area contributed by atoms with Crippen LogP contribution in [0.2, 0.25) is 0 Å². The SMILES string of the molecule is COC(=O)c1ccc(-n2cccc2[C@@H]2[C@H](c3ccccn3)NC(=S)N2Cc2ccncc2)cc1. The summed E-state index contributed by atoms with van der Waals surface area (Å²) >= 11 is 5.80. The van der Waals surface area contributed by atoms with Crippen molar-refractivity contribution in [2.75, 3.05) is 7.11 Å². The lowest BCUT2D eigenvalue weighted by Gasteiger charge is -2.29. The molecule has 1 aromatic carbocycles. The Balaban J connectivity index is 1.56.